The molecule has 1 amide bonds. The monoisotopic (exact) mass is 463 g/mol. The lowest BCUT2D eigenvalue weighted by Gasteiger charge is -2.06. The number of nitrogens with one attached hydrogen (secondary N) is 3. The average molecular weight is 464 g/mol. The third-order valence-electron chi connectivity index (χ3n) is 5.47. The molecule has 0 spiro atoms. The van der Waals surface area contributed by atoms with Gasteiger partial charge in [-0.05, 0) is 73.0 Å². The molecule has 2 heterocycles. The maximum atomic E-state index is 12.4. The Bertz CT molecular complexity index is 1400. The zero-order valence-electron chi connectivity index (χ0n) is 18.4. The fourth-order valence-corrected chi connectivity index (χ4v) is 4.45. The summed E-state index contributed by atoms with van der Waals surface area (Å²) in [5, 5.41) is 4.03. The zero-order chi connectivity index (χ0) is 23.4. The van der Waals surface area contributed by atoms with E-state index in [1.54, 1.807) is 30.3 Å². The Morgan fingerprint density at radius 1 is 1.06 bits per heavy atom. The van der Waals surface area contributed by atoms with Gasteiger partial charge in [0.1, 0.15) is 5.76 Å². The van der Waals surface area contributed by atoms with Gasteiger partial charge in [-0.25, -0.2) is 13.1 Å². The maximum absolute atomic E-state index is 12.4. The highest BCUT2D eigenvalue weighted by Gasteiger charge is 2.14. The molecule has 4 aromatic rings. The molecule has 2 aromatic heterocycles. The predicted molar refractivity (Wildman–Crippen MR) is 128 cm³/mol. The second-order valence-electron chi connectivity index (χ2n) is 7.78. The van der Waals surface area contributed by atoms with Crippen molar-refractivity contribution in [2.75, 3.05) is 0 Å². The first kappa shape index (κ1) is 22.6. The van der Waals surface area contributed by atoms with E-state index in [4.69, 9.17) is 4.42 Å². The van der Waals surface area contributed by atoms with Crippen LogP contribution < -0.4 is 10.0 Å². The van der Waals surface area contributed by atoms with Crippen molar-refractivity contribution in [3.8, 4) is 0 Å². The zero-order valence-corrected chi connectivity index (χ0v) is 19.2. The SMILES string of the molecule is Cc1[nH]c2ccc(CNC(=O)/C=C/c3ccc(S(=O)(=O)NCc4ccco4)cc3)cc2c1C. The Morgan fingerprint density at radius 3 is 2.58 bits per heavy atom. The molecule has 0 bridgehead atoms. The normalized spacial score (nSPS) is 11.9. The van der Waals surface area contributed by atoms with Gasteiger partial charge < -0.3 is 14.7 Å². The summed E-state index contributed by atoms with van der Waals surface area (Å²) in [5.74, 6) is 0.302. The lowest BCUT2D eigenvalue weighted by molar-refractivity contribution is -0.116. The summed E-state index contributed by atoms with van der Waals surface area (Å²) < 4.78 is 32.4. The number of aryl methyl sites for hydroxylation is 2. The van der Waals surface area contributed by atoms with Gasteiger partial charge >= 0.3 is 0 Å². The first-order chi connectivity index (χ1) is 15.8. The fourth-order valence-electron chi connectivity index (χ4n) is 3.46. The van der Waals surface area contributed by atoms with Crippen molar-refractivity contribution in [3.05, 3.63) is 95.1 Å². The first-order valence-corrected chi connectivity index (χ1v) is 12.0. The molecule has 170 valence electrons. The lowest BCUT2D eigenvalue weighted by atomic mass is 10.1. The number of sulfonamides is 1. The molecule has 8 heteroatoms. The van der Waals surface area contributed by atoms with Crippen LogP contribution in [0.25, 0.3) is 17.0 Å². The minimum atomic E-state index is -3.66. The molecular formula is C25H25N3O4S. The van der Waals surface area contributed by atoms with E-state index in [1.807, 2.05) is 19.1 Å². The van der Waals surface area contributed by atoms with Crippen molar-refractivity contribution in [2.45, 2.75) is 31.8 Å². The van der Waals surface area contributed by atoms with Crippen molar-refractivity contribution < 1.29 is 17.6 Å². The number of amides is 1. The summed E-state index contributed by atoms with van der Waals surface area (Å²) in [4.78, 5) is 15.7. The largest absolute Gasteiger partial charge is 0.468 e. The van der Waals surface area contributed by atoms with Crippen LogP contribution in [0.15, 0.2) is 76.2 Å². The highest BCUT2D eigenvalue weighted by atomic mass is 32.2. The number of H-pyrrole nitrogens is 1. The highest BCUT2D eigenvalue weighted by molar-refractivity contribution is 7.89. The molecule has 0 aliphatic carbocycles. The molecule has 0 radical (unpaired) electrons. The molecule has 3 N–H and O–H groups in total. The number of carbonyl (C=O) groups excluding carboxylic acids is 1. The number of rotatable bonds is 8. The van der Waals surface area contributed by atoms with E-state index < -0.39 is 10.0 Å². The summed E-state index contributed by atoms with van der Waals surface area (Å²) in [6.45, 7) is 4.61. The Kier molecular flexibility index (Phi) is 6.48. The van der Waals surface area contributed by atoms with Crippen LogP contribution in [0.3, 0.4) is 0 Å². The second kappa shape index (κ2) is 9.48. The maximum Gasteiger partial charge on any atom is 0.244 e. The number of benzene rings is 2. The number of carbonyl (C=O) groups is 1. The van der Waals surface area contributed by atoms with Gasteiger partial charge in [-0.1, -0.05) is 18.2 Å². The highest BCUT2D eigenvalue weighted by Crippen LogP contribution is 2.22. The van der Waals surface area contributed by atoms with Crippen LogP contribution in [-0.2, 0) is 27.9 Å². The van der Waals surface area contributed by atoms with Crippen LogP contribution in [0.4, 0.5) is 0 Å². The molecule has 0 aliphatic heterocycles. The summed E-state index contributed by atoms with van der Waals surface area (Å²) in [7, 11) is -3.66. The molecule has 0 atom stereocenters. The molecule has 0 fully saturated rings. The van der Waals surface area contributed by atoms with E-state index in [-0.39, 0.29) is 17.3 Å². The van der Waals surface area contributed by atoms with E-state index in [0.717, 1.165) is 27.7 Å². The topological polar surface area (TPSA) is 104 Å². The van der Waals surface area contributed by atoms with Crippen LogP contribution in [-0.4, -0.2) is 19.3 Å². The van der Waals surface area contributed by atoms with Gasteiger partial charge in [0.15, 0.2) is 0 Å². The third kappa shape index (κ3) is 5.42. The Hall–Kier alpha value is -3.62. The molecule has 33 heavy (non-hydrogen) atoms. The van der Waals surface area contributed by atoms with E-state index in [1.165, 1.54) is 30.0 Å². The predicted octanol–water partition coefficient (Wildman–Crippen LogP) is 4.19. The van der Waals surface area contributed by atoms with E-state index in [0.29, 0.717) is 12.3 Å². The van der Waals surface area contributed by atoms with Gasteiger partial charge in [0, 0.05) is 29.2 Å². The molecule has 4 rings (SSSR count). The number of aromatic amines is 1. The number of hydrogen-bond acceptors (Lipinski definition) is 4. The van der Waals surface area contributed by atoms with Gasteiger partial charge in [0.2, 0.25) is 15.9 Å². The molecule has 0 saturated heterocycles. The third-order valence-corrected chi connectivity index (χ3v) is 6.89. The Labute approximate surface area is 192 Å². The first-order valence-electron chi connectivity index (χ1n) is 10.5. The van der Waals surface area contributed by atoms with Gasteiger partial charge in [-0.15, -0.1) is 0 Å². The van der Waals surface area contributed by atoms with Crippen LogP contribution in [0, 0.1) is 13.8 Å². The van der Waals surface area contributed by atoms with E-state index in [2.05, 4.69) is 28.0 Å². The number of hydrogen-bond donors (Lipinski definition) is 3. The van der Waals surface area contributed by atoms with Gasteiger partial charge in [0.05, 0.1) is 17.7 Å². The summed E-state index contributed by atoms with van der Waals surface area (Å²) in [6, 6.07) is 15.8. The number of aromatic nitrogens is 1. The molecule has 0 aliphatic rings. The minimum absolute atomic E-state index is 0.0767. The number of fused-ring (bicyclic) bond motifs is 1. The van der Waals surface area contributed by atoms with Crippen molar-refractivity contribution in [1.82, 2.24) is 15.0 Å². The Morgan fingerprint density at radius 2 is 1.85 bits per heavy atom. The molecule has 2 aromatic carbocycles. The quantitative estimate of drug-likeness (QED) is 0.341. The summed E-state index contributed by atoms with van der Waals surface area (Å²) >= 11 is 0. The Balaban J connectivity index is 1.33. The molecule has 0 saturated carbocycles. The summed E-state index contributed by atoms with van der Waals surface area (Å²) in [5.41, 5.74) is 5.17. The van der Waals surface area contributed by atoms with Crippen LogP contribution in [0.5, 0.6) is 0 Å². The van der Waals surface area contributed by atoms with E-state index in [9.17, 15) is 13.2 Å². The average Bonchev–Trinajstić information content (AvgIpc) is 3.43. The van der Waals surface area contributed by atoms with Crippen molar-refractivity contribution in [2.24, 2.45) is 0 Å². The van der Waals surface area contributed by atoms with Crippen molar-refractivity contribution in [1.29, 1.82) is 0 Å². The van der Waals surface area contributed by atoms with Gasteiger partial charge in [-0.3, -0.25) is 4.79 Å². The minimum Gasteiger partial charge on any atom is -0.468 e. The van der Waals surface area contributed by atoms with Crippen LogP contribution in [0.1, 0.15) is 28.1 Å². The summed E-state index contributed by atoms with van der Waals surface area (Å²) in [6.07, 6.45) is 4.57. The fraction of sp³-hybridized carbons (Fsp3) is 0.160. The standard InChI is InChI=1S/C25H25N3O4S/c1-17-18(2)28-24-11-7-20(14-23(17)24)15-26-25(29)12-8-19-5-9-22(10-6-19)33(30,31)27-16-21-4-3-13-32-21/h3-14,27-28H,15-16H2,1-2H3,(H,26,29)/b12-8+. The van der Waals surface area contributed by atoms with Crippen molar-refractivity contribution in [3.63, 3.8) is 0 Å². The van der Waals surface area contributed by atoms with Gasteiger partial charge in [0.25, 0.3) is 0 Å². The second-order valence-corrected chi connectivity index (χ2v) is 9.55. The van der Waals surface area contributed by atoms with Gasteiger partial charge in [-0.2, -0.15) is 0 Å². The number of furan rings is 1. The van der Waals surface area contributed by atoms with Crippen LogP contribution in [0.2, 0.25) is 0 Å². The van der Waals surface area contributed by atoms with Crippen molar-refractivity contribution >= 4 is 32.9 Å². The smallest absolute Gasteiger partial charge is 0.244 e. The van der Waals surface area contributed by atoms with Crippen LogP contribution >= 0.6 is 0 Å². The molecule has 7 nitrogen and oxygen atoms in total. The molecular weight excluding hydrogens is 438 g/mol. The lowest BCUT2D eigenvalue weighted by Crippen LogP contribution is -2.22. The van der Waals surface area contributed by atoms with E-state index >= 15 is 0 Å². The molecule has 0 unspecified atom stereocenters.